The molecular formula is C23H29N3OS2. The first-order valence-electron chi connectivity index (χ1n) is 10.3. The molecule has 2 aromatic heterocycles. The van der Waals surface area contributed by atoms with Gasteiger partial charge in [-0.25, -0.2) is 4.98 Å². The minimum atomic E-state index is -0.0137. The average molecular weight is 428 g/mol. The van der Waals surface area contributed by atoms with Crippen LogP contribution in [0.1, 0.15) is 46.4 Å². The summed E-state index contributed by atoms with van der Waals surface area (Å²) in [6.45, 7) is 11.1. The van der Waals surface area contributed by atoms with Crippen LogP contribution in [0.5, 0.6) is 0 Å². The molecule has 1 aromatic carbocycles. The summed E-state index contributed by atoms with van der Waals surface area (Å²) < 4.78 is 3.74. The van der Waals surface area contributed by atoms with Gasteiger partial charge in [0.15, 0.2) is 0 Å². The number of aromatic nitrogens is 2. The van der Waals surface area contributed by atoms with E-state index in [1.807, 2.05) is 4.90 Å². The molecule has 1 aliphatic rings. The number of carbonyl (C=O) groups is 1. The number of hydrogen-bond donors (Lipinski definition) is 0. The zero-order valence-corrected chi connectivity index (χ0v) is 19.3. The molecule has 6 heteroatoms. The summed E-state index contributed by atoms with van der Waals surface area (Å²) in [5.74, 6) is 1.94. The molecule has 0 unspecified atom stereocenters. The molecule has 0 aliphatic carbocycles. The molecule has 4 nitrogen and oxygen atoms in total. The van der Waals surface area contributed by atoms with Crippen LogP contribution in [0.25, 0.3) is 11.0 Å². The highest BCUT2D eigenvalue weighted by atomic mass is 32.2. The Morgan fingerprint density at radius 3 is 2.62 bits per heavy atom. The molecule has 0 N–H and O–H groups in total. The average Bonchev–Trinajstić information content (AvgIpc) is 3.30. The lowest BCUT2D eigenvalue weighted by Gasteiger charge is -2.32. The van der Waals surface area contributed by atoms with Gasteiger partial charge in [0.1, 0.15) is 5.82 Å². The van der Waals surface area contributed by atoms with Gasteiger partial charge in [-0.1, -0.05) is 38.6 Å². The van der Waals surface area contributed by atoms with E-state index in [9.17, 15) is 4.79 Å². The number of fused-ring (bicyclic) bond motifs is 1. The van der Waals surface area contributed by atoms with Crippen LogP contribution < -0.4 is 0 Å². The molecule has 1 saturated heterocycles. The fraction of sp³-hybridized carbons (Fsp3) is 0.478. The summed E-state index contributed by atoms with van der Waals surface area (Å²) in [7, 11) is 0. The predicted octanol–water partition coefficient (Wildman–Crippen LogP) is 5.81. The van der Waals surface area contributed by atoms with Gasteiger partial charge in [-0.2, -0.15) is 0 Å². The van der Waals surface area contributed by atoms with E-state index < -0.39 is 0 Å². The molecule has 0 atom stereocenters. The van der Waals surface area contributed by atoms with Gasteiger partial charge in [0.05, 0.1) is 15.2 Å². The van der Waals surface area contributed by atoms with Gasteiger partial charge < -0.3 is 9.47 Å². The van der Waals surface area contributed by atoms with Crippen LogP contribution in [0.15, 0.2) is 44.8 Å². The Balaban J connectivity index is 1.62. The number of amides is 1. The Hall–Kier alpha value is -1.79. The van der Waals surface area contributed by atoms with Crippen LogP contribution in [-0.4, -0.2) is 33.4 Å². The Labute approximate surface area is 181 Å². The van der Waals surface area contributed by atoms with E-state index in [1.165, 1.54) is 14.6 Å². The molecule has 0 radical (unpaired) electrons. The summed E-state index contributed by atoms with van der Waals surface area (Å²) in [5.41, 5.74) is 2.29. The minimum absolute atomic E-state index is 0.0137. The highest BCUT2D eigenvalue weighted by Crippen LogP contribution is 2.35. The van der Waals surface area contributed by atoms with E-state index in [2.05, 4.69) is 61.1 Å². The summed E-state index contributed by atoms with van der Waals surface area (Å²) in [6, 6.07) is 10.9. The molecule has 1 fully saturated rings. The largest absolute Gasteiger partial charge is 0.343 e. The Bertz CT molecular complexity index is 993. The maximum Gasteiger partial charge on any atom is 0.219 e. The molecule has 4 rings (SSSR count). The van der Waals surface area contributed by atoms with Crippen LogP contribution in [-0.2, 0) is 16.8 Å². The van der Waals surface area contributed by atoms with E-state index >= 15 is 0 Å². The maximum atomic E-state index is 11.6. The lowest BCUT2D eigenvalue weighted by atomic mass is 9.93. The van der Waals surface area contributed by atoms with Crippen molar-refractivity contribution in [2.75, 3.05) is 13.1 Å². The molecule has 3 aromatic rings. The van der Waals surface area contributed by atoms with Gasteiger partial charge in [-0.05, 0) is 48.4 Å². The summed E-state index contributed by atoms with van der Waals surface area (Å²) in [4.78, 5) is 19.9. The van der Waals surface area contributed by atoms with Crippen molar-refractivity contribution >= 4 is 40.0 Å². The predicted molar refractivity (Wildman–Crippen MR) is 122 cm³/mol. The van der Waals surface area contributed by atoms with Crippen LogP contribution in [0.4, 0.5) is 0 Å². The molecular weight excluding hydrogens is 398 g/mol. The SMILES string of the molecule is CC(=O)N1CCC(Cn2c(C(C)(C)C)nc3cc(Sc4cccs4)ccc32)CC1. The van der Waals surface area contributed by atoms with E-state index in [0.29, 0.717) is 5.92 Å². The normalized spacial score (nSPS) is 15.9. The second-order valence-corrected chi connectivity index (χ2v) is 11.3. The summed E-state index contributed by atoms with van der Waals surface area (Å²) in [5, 5.41) is 2.12. The highest BCUT2D eigenvalue weighted by molar-refractivity contribution is 8.01. The molecule has 0 bridgehead atoms. The van der Waals surface area contributed by atoms with E-state index in [4.69, 9.17) is 4.98 Å². The van der Waals surface area contributed by atoms with Gasteiger partial charge >= 0.3 is 0 Å². The molecule has 154 valence electrons. The van der Waals surface area contributed by atoms with Crippen LogP contribution in [0.2, 0.25) is 0 Å². The van der Waals surface area contributed by atoms with Crippen molar-refractivity contribution in [1.82, 2.24) is 14.5 Å². The van der Waals surface area contributed by atoms with Gasteiger partial charge in [0.2, 0.25) is 5.91 Å². The number of benzene rings is 1. The lowest BCUT2D eigenvalue weighted by Crippen LogP contribution is -2.38. The van der Waals surface area contributed by atoms with E-state index in [0.717, 1.165) is 43.8 Å². The molecule has 3 heterocycles. The number of hydrogen-bond acceptors (Lipinski definition) is 4. The number of carbonyl (C=O) groups excluding carboxylic acids is 1. The number of imidazole rings is 1. The quantitative estimate of drug-likeness (QED) is 0.528. The molecule has 1 amide bonds. The van der Waals surface area contributed by atoms with E-state index in [1.54, 1.807) is 30.0 Å². The zero-order valence-electron chi connectivity index (χ0n) is 17.6. The van der Waals surface area contributed by atoms with Crippen molar-refractivity contribution in [2.24, 2.45) is 5.92 Å². The summed E-state index contributed by atoms with van der Waals surface area (Å²) in [6.07, 6.45) is 2.13. The topological polar surface area (TPSA) is 38.1 Å². The fourth-order valence-corrected chi connectivity index (χ4v) is 5.84. The Kier molecular flexibility index (Phi) is 5.76. The molecule has 29 heavy (non-hydrogen) atoms. The van der Waals surface area contributed by atoms with Crippen molar-refractivity contribution in [3.8, 4) is 0 Å². The monoisotopic (exact) mass is 427 g/mol. The van der Waals surface area contributed by atoms with Crippen molar-refractivity contribution < 1.29 is 4.79 Å². The first kappa shape index (κ1) is 20.5. The smallest absolute Gasteiger partial charge is 0.219 e. The van der Waals surface area contributed by atoms with E-state index in [-0.39, 0.29) is 11.3 Å². The van der Waals surface area contributed by atoms with Gasteiger partial charge in [-0.3, -0.25) is 4.79 Å². The first-order valence-corrected chi connectivity index (χ1v) is 12.0. The maximum absolute atomic E-state index is 11.6. The standard InChI is InChI=1S/C23H29N3OS2/c1-16(27)25-11-9-17(10-12-25)15-26-20-8-7-18(29-21-6-5-13-28-21)14-19(20)24-22(26)23(2,3)4/h5-8,13-14,17H,9-12,15H2,1-4H3. The van der Waals surface area contributed by atoms with Crippen molar-refractivity contribution in [3.63, 3.8) is 0 Å². The number of rotatable bonds is 4. The van der Waals surface area contributed by atoms with Gasteiger partial charge in [-0.15, -0.1) is 11.3 Å². The third kappa shape index (κ3) is 4.53. The van der Waals surface area contributed by atoms with Crippen molar-refractivity contribution in [3.05, 3.63) is 41.5 Å². The molecule has 0 saturated carbocycles. The highest BCUT2D eigenvalue weighted by Gasteiger charge is 2.27. The van der Waals surface area contributed by atoms with Crippen LogP contribution >= 0.6 is 23.1 Å². The minimum Gasteiger partial charge on any atom is -0.343 e. The van der Waals surface area contributed by atoms with Gasteiger partial charge in [0.25, 0.3) is 0 Å². The van der Waals surface area contributed by atoms with Crippen molar-refractivity contribution in [1.29, 1.82) is 0 Å². The number of piperidine rings is 1. The first-order chi connectivity index (χ1) is 13.8. The van der Waals surface area contributed by atoms with Crippen LogP contribution in [0, 0.1) is 5.92 Å². The molecule has 1 aliphatic heterocycles. The summed E-state index contributed by atoms with van der Waals surface area (Å²) >= 11 is 3.57. The lowest BCUT2D eigenvalue weighted by molar-refractivity contribution is -0.130. The fourth-order valence-electron chi connectivity index (χ4n) is 4.06. The third-order valence-corrected chi connectivity index (χ3v) is 7.63. The van der Waals surface area contributed by atoms with Crippen molar-refractivity contribution in [2.45, 2.75) is 61.6 Å². The second-order valence-electron chi connectivity index (χ2n) is 8.93. The Morgan fingerprint density at radius 1 is 1.24 bits per heavy atom. The van der Waals surface area contributed by atoms with Gasteiger partial charge in [0, 0.05) is 36.9 Å². The second kappa shape index (κ2) is 8.15. The zero-order chi connectivity index (χ0) is 20.6. The number of thiophene rings is 1. The Morgan fingerprint density at radius 2 is 2.00 bits per heavy atom. The van der Waals surface area contributed by atoms with Crippen LogP contribution in [0.3, 0.4) is 0 Å². The number of likely N-dealkylation sites (tertiary alicyclic amines) is 1. The number of nitrogens with zero attached hydrogens (tertiary/aromatic N) is 3. The third-order valence-electron chi connectivity index (χ3n) is 5.60. The molecule has 0 spiro atoms.